The number of ether oxygens (including phenoxy) is 2. The molecule has 0 unspecified atom stereocenters. The number of amides is 1. The Balaban J connectivity index is 1.07. The van der Waals surface area contributed by atoms with Crippen LogP contribution >= 0.6 is 0 Å². The van der Waals surface area contributed by atoms with Gasteiger partial charge in [0.1, 0.15) is 5.82 Å². The Morgan fingerprint density at radius 1 is 0.837 bits per heavy atom. The molecule has 2 heterocycles. The second-order valence-electron chi connectivity index (χ2n) is 12.9. The van der Waals surface area contributed by atoms with Gasteiger partial charge in [0.05, 0.1) is 19.4 Å². The molecule has 0 atom stereocenters. The Labute approximate surface area is 289 Å². The molecule has 0 spiro atoms. The number of piperidine rings is 2. The zero-order chi connectivity index (χ0) is 34.1. The van der Waals surface area contributed by atoms with Crippen molar-refractivity contribution < 1.29 is 18.7 Å². The standard InChI is InChI=1S/C41H45FN4O3/c1-31(43-39(48-2)36-20-21-37(38(42)28-36)35-14-8-4-9-15-35)34-18-16-32(17-19-34)29-45-26-22-41(23-27-45,49-30-33-12-6-3-7-13-33)40(47)44-46-24-10-5-11-25-46/h3-4,6-9,12-21,28H,1,5,10-11,22-27,29-30H2,2H3,(H,44,47). The summed E-state index contributed by atoms with van der Waals surface area (Å²) in [5.41, 5.74) is 7.78. The van der Waals surface area contributed by atoms with Crippen LogP contribution in [0.4, 0.5) is 4.39 Å². The van der Waals surface area contributed by atoms with Gasteiger partial charge in [0.2, 0.25) is 5.90 Å². The van der Waals surface area contributed by atoms with E-state index in [4.69, 9.17) is 9.47 Å². The van der Waals surface area contributed by atoms with Gasteiger partial charge in [-0.1, -0.05) is 104 Å². The fraction of sp³-hybridized carbons (Fsp3) is 0.317. The highest BCUT2D eigenvalue weighted by Gasteiger charge is 2.43. The molecule has 1 amide bonds. The lowest BCUT2D eigenvalue weighted by molar-refractivity contribution is -0.162. The Morgan fingerprint density at radius 3 is 2.14 bits per heavy atom. The maximum atomic E-state index is 15.1. The molecule has 1 N–H and O–H groups in total. The Morgan fingerprint density at radius 2 is 1.49 bits per heavy atom. The van der Waals surface area contributed by atoms with E-state index >= 15 is 4.39 Å². The van der Waals surface area contributed by atoms with Gasteiger partial charge in [0.15, 0.2) is 5.60 Å². The molecule has 6 rings (SSSR count). The predicted molar refractivity (Wildman–Crippen MR) is 193 cm³/mol. The second kappa shape index (κ2) is 16.2. The third-order valence-electron chi connectivity index (χ3n) is 9.48. The van der Waals surface area contributed by atoms with Crippen LogP contribution in [0.15, 0.2) is 115 Å². The van der Waals surface area contributed by atoms with Crippen molar-refractivity contribution in [2.75, 3.05) is 33.3 Å². The molecule has 0 aliphatic carbocycles. The van der Waals surface area contributed by atoms with E-state index in [1.807, 2.05) is 72.8 Å². The first-order chi connectivity index (χ1) is 23.9. The van der Waals surface area contributed by atoms with Crippen LogP contribution in [0.25, 0.3) is 16.8 Å². The first kappa shape index (κ1) is 34.2. The summed E-state index contributed by atoms with van der Waals surface area (Å²) in [7, 11) is 1.52. The second-order valence-corrected chi connectivity index (χ2v) is 12.9. The summed E-state index contributed by atoms with van der Waals surface area (Å²) < 4.78 is 27.1. The van der Waals surface area contributed by atoms with Gasteiger partial charge in [-0.3, -0.25) is 15.1 Å². The van der Waals surface area contributed by atoms with E-state index in [9.17, 15) is 4.79 Å². The molecule has 2 saturated heterocycles. The summed E-state index contributed by atoms with van der Waals surface area (Å²) >= 11 is 0. The molecule has 7 nitrogen and oxygen atoms in total. The number of hydrogen-bond donors (Lipinski definition) is 1. The molecule has 0 bridgehead atoms. The molecule has 4 aromatic carbocycles. The number of nitrogens with one attached hydrogen (secondary N) is 1. The lowest BCUT2D eigenvalue weighted by Crippen LogP contribution is -2.59. The molecule has 0 saturated carbocycles. The van der Waals surface area contributed by atoms with Gasteiger partial charge in [-0.15, -0.1) is 0 Å². The maximum Gasteiger partial charge on any atom is 0.266 e. The number of carbonyl (C=O) groups excluding carboxylic acids is 1. The van der Waals surface area contributed by atoms with E-state index in [-0.39, 0.29) is 11.7 Å². The molecule has 8 heteroatoms. The normalized spacial score (nSPS) is 17.0. The smallest absolute Gasteiger partial charge is 0.266 e. The van der Waals surface area contributed by atoms with Crippen molar-refractivity contribution in [3.8, 4) is 11.1 Å². The van der Waals surface area contributed by atoms with Crippen molar-refractivity contribution in [2.24, 2.45) is 4.99 Å². The number of halogens is 1. The van der Waals surface area contributed by atoms with E-state index in [1.54, 1.807) is 12.1 Å². The lowest BCUT2D eigenvalue weighted by atomic mass is 9.89. The molecule has 2 aliphatic heterocycles. The van der Waals surface area contributed by atoms with Crippen LogP contribution in [0.1, 0.15) is 54.4 Å². The largest absolute Gasteiger partial charge is 0.481 e. The van der Waals surface area contributed by atoms with E-state index in [0.29, 0.717) is 42.2 Å². The van der Waals surface area contributed by atoms with Crippen molar-refractivity contribution in [3.05, 3.63) is 138 Å². The van der Waals surface area contributed by atoms with Crippen LogP contribution in [0.2, 0.25) is 0 Å². The number of methoxy groups -OCH3 is 1. The number of hydrogen-bond acceptors (Lipinski definition) is 6. The Hall–Kier alpha value is -4.63. The minimum absolute atomic E-state index is 0.0290. The average Bonchev–Trinajstić information content (AvgIpc) is 3.15. The van der Waals surface area contributed by atoms with E-state index in [0.717, 1.165) is 67.8 Å². The van der Waals surface area contributed by atoms with Gasteiger partial charge in [-0.05, 0) is 60.1 Å². The minimum atomic E-state index is -0.868. The minimum Gasteiger partial charge on any atom is -0.481 e. The van der Waals surface area contributed by atoms with E-state index in [2.05, 4.69) is 39.0 Å². The van der Waals surface area contributed by atoms with Gasteiger partial charge in [-0.2, -0.15) is 0 Å². The zero-order valence-corrected chi connectivity index (χ0v) is 28.2. The third kappa shape index (κ3) is 8.70. The fourth-order valence-electron chi connectivity index (χ4n) is 6.53. The van der Waals surface area contributed by atoms with E-state index in [1.165, 1.54) is 19.6 Å². The molecular weight excluding hydrogens is 615 g/mol. The molecule has 4 aromatic rings. The maximum absolute atomic E-state index is 15.1. The molecular formula is C41H45FN4O3. The number of nitrogens with zero attached hydrogens (tertiary/aromatic N) is 3. The molecule has 0 radical (unpaired) electrons. The van der Waals surface area contributed by atoms with Gasteiger partial charge in [0.25, 0.3) is 5.91 Å². The summed E-state index contributed by atoms with van der Waals surface area (Å²) in [4.78, 5) is 20.7. The Bertz CT molecular complexity index is 1730. The zero-order valence-electron chi connectivity index (χ0n) is 28.2. The first-order valence-corrected chi connectivity index (χ1v) is 17.1. The van der Waals surface area contributed by atoms with Crippen LogP contribution in [-0.4, -0.2) is 60.6 Å². The molecule has 2 fully saturated rings. The van der Waals surface area contributed by atoms with Crippen molar-refractivity contribution >= 4 is 17.5 Å². The number of likely N-dealkylation sites (tertiary alicyclic amines) is 1. The SMILES string of the molecule is C=C(N=C(OC)c1ccc(-c2ccccc2)c(F)c1)c1ccc(CN2CCC(OCc3ccccc3)(C(=O)NN3CCCCC3)CC2)cc1. The molecule has 0 aromatic heterocycles. The molecule has 2 aliphatic rings. The van der Waals surface area contributed by atoms with Crippen molar-refractivity contribution in [3.63, 3.8) is 0 Å². The summed E-state index contributed by atoms with van der Waals surface area (Å²) in [5.74, 6) is -0.0781. The van der Waals surface area contributed by atoms with Crippen LogP contribution in [0.5, 0.6) is 0 Å². The van der Waals surface area contributed by atoms with Crippen LogP contribution in [0.3, 0.4) is 0 Å². The van der Waals surface area contributed by atoms with Gasteiger partial charge in [0, 0.05) is 43.9 Å². The molecule has 49 heavy (non-hydrogen) atoms. The number of rotatable bonds is 11. The van der Waals surface area contributed by atoms with Crippen LogP contribution < -0.4 is 5.43 Å². The summed E-state index contributed by atoms with van der Waals surface area (Å²) in [6, 6.07) is 32.6. The monoisotopic (exact) mass is 660 g/mol. The van der Waals surface area contributed by atoms with Gasteiger partial charge < -0.3 is 9.47 Å². The Kier molecular flexibility index (Phi) is 11.3. The topological polar surface area (TPSA) is 66.4 Å². The predicted octanol–water partition coefficient (Wildman–Crippen LogP) is 7.63. The summed E-state index contributed by atoms with van der Waals surface area (Å²) in [6.07, 6.45) is 4.65. The molecule has 254 valence electrons. The highest BCUT2D eigenvalue weighted by molar-refractivity contribution is 5.97. The van der Waals surface area contributed by atoms with Gasteiger partial charge >= 0.3 is 0 Å². The van der Waals surface area contributed by atoms with Crippen molar-refractivity contribution in [2.45, 2.75) is 50.9 Å². The summed E-state index contributed by atoms with van der Waals surface area (Å²) in [6.45, 7) is 8.58. The lowest BCUT2D eigenvalue weighted by Gasteiger charge is -2.41. The van der Waals surface area contributed by atoms with E-state index < -0.39 is 5.60 Å². The highest BCUT2D eigenvalue weighted by atomic mass is 19.1. The van der Waals surface area contributed by atoms with Gasteiger partial charge in [-0.25, -0.2) is 14.4 Å². The number of carbonyl (C=O) groups is 1. The number of hydrazine groups is 1. The number of aliphatic imine (C=N–C) groups is 1. The highest BCUT2D eigenvalue weighted by Crippen LogP contribution is 2.30. The average molecular weight is 661 g/mol. The first-order valence-electron chi connectivity index (χ1n) is 17.1. The quantitative estimate of drug-likeness (QED) is 0.132. The third-order valence-corrected chi connectivity index (χ3v) is 9.48. The van der Waals surface area contributed by atoms with Crippen LogP contribution in [-0.2, 0) is 27.4 Å². The summed E-state index contributed by atoms with van der Waals surface area (Å²) in [5, 5.41) is 2.06. The van der Waals surface area contributed by atoms with Crippen LogP contribution in [0, 0.1) is 5.82 Å². The fourth-order valence-corrected chi connectivity index (χ4v) is 6.53. The number of benzene rings is 4. The van der Waals surface area contributed by atoms with Crippen molar-refractivity contribution in [1.29, 1.82) is 0 Å². The van der Waals surface area contributed by atoms with Crippen molar-refractivity contribution in [1.82, 2.24) is 15.3 Å².